The zero-order chi connectivity index (χ0) is 9.73. The van der Waals surface area contributed by atoms with E-state index in [4.69, 9.17) is 5.11 Å². The SMILES string of the molecule is CCC(C)(CO)CNc1nncs1. The maximum Gasteiger partial charge on any atom is 0.205 e. The molecular weight excluding hydrogens is 186 g/mol. The predicted octanol–water partition coefficient (Wildman–Crippen LogP) is 1.36. The Morgan fingerprint density at radius 1 is 1.69 bits per heavy atom. The molecule has 0 radical (unpaired) electrons. The van der Waals surface area contributed by atoms with E-state index < -0.39 is 0 Å². The highest BCUT2D eigenvalue weighted by Crippen LogP contribution is 2.21. The smallest absolute Gasteiger partial charge is 0.205 e. The summed E-state index contributed by atoms with van der Waals surface area (Å²) in [7, 11) is 0. The Hall–Kier alpha value is -0.680. The quantitative estimate of drug-likeness (QED) is 0.755. The van der Waals surface area contributed by atoms with Crippen LogP contribution in [0.2, 0.25) is 0 Å². The largest absolute Gasteiger partial charge is 0.396 e. The van der Waals surface area contributed by atoms with Crippen LogP contribution in [0.4, 0.5) is 5.13 Å². The molecule has 5 heteroatoms. The summed E-state index contributed by atoms with van der Waals surface area (Å²) in [5.74, 6) is 0. The highest BCUT2D eigenvalue weighted by molar-refractivity contribution is 7.13. The number of aliphatic hydroxyl groups excluding tert-OH is 1. The lowest BCUT2D eigenvalue weighted by Gasteiger charge is -2.25. The first-order chi connectivity index (χ1) is 6.20. The van der Waals surface area contributed by atoms with Crippen LogP contribution in [0.3, 0.4) is 0 Å². The summed E-state index contributed by atoms with van der Waals surface area (Å²) in [5.41, 5.74) is 1.62. The molecule has 1 heterocycles. The van der Waals surface area contributed by atoms with Crippen LogP contribution < -0.4 is 5.32 Å². The van der Waals surface area contributed by atoms with Crippen LogP contribution >= 0.6 is 11.3 Å². The molecule has 1 rings (SSSR count). The molecule has 0 saturated carbocycles. The van der Waals surface area contributed by atoms with Gasteiger partial charge >= 0.3 is 0 Å². The Bertz CT molecular complexity index is 234. The van der Waals surface area contributed by atoms with Gasteiger partial charge in [-0.05, 0) is 6.42 Å². The maximum absolute atomic E-state index is 9.14. The summed E-state index contributed by atoms with van der Waals surface area (Å²) < 4.78 is 0. The number of nitrogens with zero attached hydrogens (tertiary/aromatic N) is 2. The van der Waals surface area contributed by atoms with Gasteiger partial charge in [-0.3, -0.25) is 0 Å². The first kappa shape index (κ1) is 10.4. The molecule has 0 saturated heterocycles. The minimum Gasteiger partial charge on any atom is -0.396 e. The molecular formula is C8H15N3OS. The molecule has 0 fully saturated rings. The Labute approximate surface area is 82.0 Å². The molecule has 0 spiro atoms. The molecule has 0 aliphatic carbocycles. The van der Waals surface area contributed by atoms with Crippen LogP contribution in [0.25, 0.3) is 0 Å². The molecule has 2 N–H and O–H groups in total. The number of rotatable bonds is 5. The third-order valence-electron chi connectivity index (χ3n) is 2.26. The molecule has 4 nitrogen and oxygen atoms in total. The normalized spacial score (nSPS) is 15.3. The van der Waals surface area contributed by atoms with E-state index in [0.29, 0.717) is 0 Å². The van der Waals surface area contributed by atoms with Crippen molar-refractivity contribution in [3.63, 3.8) is 0 Å². The van der Waals surface area contributed by atoms with Gasteiger partial charge in [0, 0.05) is 12.0 Å². The summed E-state index contributed by atoms with van der Waals surface area (Å²) in [5, 5.41) is 20.7. The molecule has 0 aromatic carbocycles. The second kappa shape index (κ2) is 4.53. The summed E-state index contributed by atoms with van der Waals surface area (Å²) >= 11 is 1.47. The monoisotopic (exact) mass is 201 g/mol. The van der Waals surface area contributed by atoms with E-state index in [2.05, 4.69) is 22.4 Å². The standard InChI is InChI=1S/C8H15N3OS/c1-3-8(2,5-12)4-9-7-11-10-6-13-7/h6,12H,3-5H2,1-2H3,(H,9,11). The van der Waals surface area contributed by atoms with Crippen LogP contribution in [0.5, 0.6) is 0 Å². The Morgan fingerprint density at radius 3 is 2.92 bits per heavy atom. The molecule has 0 bridgehead atoms. The van der Waals surface area contributed by atoms with E-state index in [1.165, 1.54) is 11.3 Å². The second-order valence-corrected chi connectivity index (χ2v) is 4.25. The van der Waals surface area contributed by atoms with Crippen molar-refractivity contribution < 1.29 is 5.11 Å². The highest BCUT2D eigenvalue weighted by Gasteiger charge is 2.20. The first-order valence-electron chi connectivity index (χ1n) is 4.31. The van der Waals surface area contributed by atoms with Crippen LogP contribution in [-0.2, 0) is 0 Å². The molecule has 1 aromatic rings. The van der Waals surface area contributed by atoms with E-state index in [-0.39, 0.29) is 12.0 Å². The summed E-state index contributed by atoms with van der Waals surface area (Å²) in [6, 6.07) is 0. The van der Waals surface area contributed by atoms with E-state index in [9.17, 15) is 0 Å². The number of aromatic nitrogens is 2. The van der Waals surface area contributed by atoms with Gasteiger partial charge in [-0.2, -0.15) is 0 Å². The van der Waals surface area contributed by atoms with E-state index in [0.717, 1.165) is 18.1 Å². The van der Waals surface area contributed by atoms with Crippen LogP contribution in [0, 0.1) is 5.41 Å². The lowest BCUT2D eigenvalue weighted by molar-refractivity contribution is 0.149. The van der Waals surface area contributed by atoms with Crippen molar-refractivity contribution >= 4 is 16.5 Å². The topological polar surface area (TPSA) is 58.0 Å². The van der Waals surface area contributed by atoms with Crippen molar-refractivity contribution in [2.45, 2.75) is 20.3 Å². The molecule has 1 atom stereocenters. The molecule has 1 aromatic heterocycles. The summed E-state index contributed by atoms with van der Waals surface area (Å²) in [4.78, 5) is 0. The summed E-state index contributed by atoms with van der Waals surface area (Å²) in [6.07, 6.45) is 0.940. The van der Waals surface area contributed by atoms with Gasteiger partial charge in [0.25, 0.3) is 0 Å². The van der Waals surface area contributed by atoms with Gasteiger partial charge in [-0.1, -0.05) is 25.2 Å². The lowest BCUT2D eigenvalue weighted by atomic mass is 9.89. The van der Waals surface area contributed by atoms with Crippen LogP contribution in [-0.4, -0.2) is 28.5 Å². The van der Waals surface area contributed by atoms with Crippen LogP contribution in [0.1, 0.15) is 20.3 Å². The number of anilines is 1. The predicted molar refractivity (Wildman–Crippen MR) is 53.9 cm³/mol. The number of nitrogens with one attached hydrogen (secondary N) is 1. The van der Waals surface area contributed by atoms with Crippen LogP contribution in [0.15, 0.2) is 5.51 Å². The van der Waals surface area contributed by atoms with Crippen molar-refractivity contribution in [2.75, 3.05) is 18.5 Å². The van der Waals surface area contributed by atoms with Crippen molar-refractivity contribution in [3.05, 3.63) is 5.51 Å². The molecule has 0 aliphatic rings. The van der Waals surface area contributed by atoms with Crippen molar-refractivity contribution in [3.8, 4) is 0 Å². The first-order valence-corrected chi connectivity index (χ1v) is 5.19. The number of aliphatic hydroxyl groups is 1. The fraction of sp³-hybridized carbons (Fsp3) is 0.750. The number of hydrogen-bond donors (Lipinski definition) is 2. The minimum absolute atomic E-state index is 0.0638. The molecule has 0 amide bonds. The van der Waals surface area contributed by atoms with Gasteiger partial charge in [-0.25, -0.2) is 0 Å². The van der Waals surface area contributed by atoms with E-state index in [1.54, 1.807) is 5.51 Å². The zero-order valence-electron chi connectivity index (χ0n) is 7.95. The zero-order valence-corrected chi connectivity index (χ0v) is 8.77. The fourth-order valence-electron chi connectivity index (χ4n) is 0.832. The highest BCUT2D eigenvalue weighted by atomic mass is 32.1. The van der Waals surface area contributed by atoms with Crippen molar-refractivity contribution in [1.29, 1.82) is 0 Å². The third kappa shape index (κ3) is 2.93. The number of hydrogen-bond acceptors (Lipinski definition) is 5. The van der Waals surface area contributed by atoms with Gasteiger partial charge in [0.05, 0.1) is 6.61 Å². The molecule has 13 heavy (non-hydrogen) atoms. The third-order valence-corrected chi connectivity index (χ3v) is 2.91. The molecule has 0 aliphatic heterocycles. The van der Waals surface area contributed by atoms with E-state index >= 15 is 0 Å². The fourth-order valence-corrected chi connectivity index (χ4v) is 1.28. The Balaban J connectivity index is 2.41. The maximum atomic E-state index is 9.14. The minimum atomic E-state index is -0.0638. The average Bonchev–Trinajstić information content (AvgIpc) is 2.67. The summed E-state index contributed by atoms with van der Waals surface area (Å²) in [6.45, 7) is 5.03. The van der Waals surface area contributed by atoms with Crippen molar-refractivity contribution in [2.24, 2.45) is 5.41 Å². The average molecular weight is 201 g/mol. The lowest BCUT2D eigenvalue weighted by Crippen LogP contribution is -2.29. The Kier molecular flexibility index (Phi) is 3.62. The van der Waals surface area contributed by atoms with Crippen molar-refractivity contribution in [1.82, 2.24) is 10.2 Å². The van der Waals surface area contributed by atoms with Gasteiger partial charge in [0.15, 0.2) is 0 Å². The molecule has 1 unspecified atom stereocenters. The Morgan fingerprint density at radius 2 is 2.46 bits per heavy atom. The van der Waals surface area contributed by atoms with Gasteiger partial charge in [0.2, 0.25) is 5.13 Å². The molecule has 74 valence electrons. The van der Waals surface area contributed by atoms with Gasteiger partial charge in [-0.15, -0.1) is 10.2 Å². The second-order valence-electron chi connectivity index (χ2n) is 3.42. The van der Waals surface area contributed by atoms with Gasteiger partial charge < -0.3 is 10.4 Å². The van der Waals surface area contributed by atoms with Gasteiger partial charge in [0.1, 0.15) is 5.51 Å². The van der Waals surface area contributed by atoms with E-state index in [1.807, 2.05) is 6.92 Å².